The summed E-state index contributed by atoms with van der Waals surface area (Å²) in [5, 5.41) is 1.23. The monoisotopic (exact) mass is 251 g/mol. The number of nitrogens with zero attached hydrogens (tertiary/aromatic N) is 1. The first-order chi connectivity index (χ1) is 7.81. The Hall–Kier alpha value is -0.730. The van der Waals surface area contributed by atoms with Crippen LogP contribution in [0, 0.1) is 5.92 Å². The van der Waals surface area contributed by atoms with Gasteiger partial charge in [-0.25, -0.2) is 0 Å². The van der Waals surface area contributed by atoms with Crippen LogP contribution in [0.2, 0.25) is 0 Å². The SMILES string of the molecule is CC(CCl)CSc1ccnc2ccccc12. The van der Waals surface area contributed by atoms with Crippen molar-refractivity contribution in [1.29, 1.82) is 0 Å². The molecule has 0 aliphatic heterocycles. The summed E-state index contributed by atoms with van der Waals surface area (Å²) >= 11 is 7.67. The van der Waals surface area contributed by atoms with Crippen molar-refractivity contribution >= 4 is 34.3 Å². The second-order valence-electron chi connectivity index (χ2n) is 3.90. The third kappa shape index (κ3) is 2.69. The van der Waals surface area contributed by atoms with Crippen molar-refractivity contribution in [2.45, 2.75) is 11.8 Å². The molecule has 1 aromatic heterocycles. The molecule has 2 aromatic rings. The molecule has 0 fully saturated rings. The molecule has 0 saturated carbocycles. The van der Waals surface area contributed by atoms with Gasteiger partial charge in [-0.15, -0.1) is 23.4 Å². The maximum absolute atomic E-state index is 5.81. The van der Waals surface area contributed by atoms with E-state index in [2.05, 4.69) is 30.1 Å². The first kappa shape index (κ1) is 11.7. The summed E-state index contributed by atoms with van der Waals surface area (Å²) in [6.07, 6.45) is 1.87. The summed E-state index contributed by atoms with van der Waals surface area (Å²) in [4.78, 5) is 5.64. The Bertz CT molecular complexity index is 467. The largest absolute Gasteiger partial charge is 0.256 e. The lowest BCUT2D eigenvalue weighted by molar-refractivity contribution is 0.759. The summed E-state index contributed by atoms with van der Waals surface area (Å²) in [5.74, 6) is 2.31. The molecule has 1 heterocycles. The van der Waals surface area contributed by atoms with Crippen LogP contribution in [0.4, 0.5) is 0 Å². The number of alkyl halides is 1. The minimum absolute atomic E-state index is 0.540. The van der Waals surface area contributed by atoms with E-state index < -0.39 is 0 Å². The van der Waals surface area contributed by atoms with Crippen molar-refractivity contribution in [3.63, 3.8) is 0 Å². The smallest absolute Gasteiger partial charge is 0.0713 e. The fraction of sp³-hybridized carbons (Fsp3) is 0.308. The number of hydrogen-bond donors (Lipinski definition) is 0. The zero-order valence-corrected chi connectivity index (χ0v) is 10.8. The van der Waals surface area contributed by atoms with Crippen molar-refractivity contribution in [1.82, 2.24) is 4.98 Å². The van der Waals surface area contributed by atoms with Gasteiger partial charge in [0.15, 0.2) is 0 Å². The minimum atomic E-state index is 0.540. The molecule has 1 aromatic carbocycles. The van der Waals surface area contributed by atoms with E-state index in [4.69, 9.17) is 11.6 Å². The van der Waals surface area contributed by atoms with Gasteiger partial charge in [0.1, 0.15) is 0 Å². The van der Waals surface area contributed by atoms with Crippen LogP contribution in [-0.2, 0) is 0 Å². The van der Waals surface area contributed by atoms with Gasteiger partial charge in [0, 0.05) is 28.1 Å². The van der Waals surface area contributed by atoms with E-state index in [0.29, 0.717) is 5.92 Å². The Morgan fingerprint density at radius 3 is 2.94 bits per heavy atom. The van der Waals surface area contributed by atoms with Gasteiger partial charge in [0.2, 0.25) is 0 Å². The number of thioether (sulfide) groups is 1. The van der Waals surface area contributed by atoms with Crippen molar-refractivity contribution in [3.05, 3.63) is 36.5 Å². The topological polar surface area (TPSA) is 12.9 Å². The normalized spacial score (nSPS) is 12.9. The standard InChI is InChI=1S/C13H14ClNS/c1-10(8-14)9-16-13-6-7-15-12-5-3-2-4-11(12)13/h2-7,10H,8-9H2,1H3. The molecule has 0 N–H and O–H groups in total. The van der Waals surface area contributed by atoms with Crippen LogP contribution in [0.15, 0.2) is 41.4 Å². The molecule has 1 nitrogen and oxygen atoms in total. The molecule has 0 aliphatic rings. The van der Waals surface area contributed by atoms with Crippen LogP contribution in [0.25, 0.3) is 10.9 Å². The summed E-state index contributed by atoms with van der Waals surface area (Å²) in [7, 11) is 0. The number of para-hydroxylation sites is 1. The van der Waals surface area contributed by atoms with E-state index in [1.165, 1.54) is 10.3 Å². The van der Waals surface area contributed by atoms with Crippen LogP contribution in [-0.4, -0.2) is 16.6 Å². The third-order valence-electron chi connectivity index (χ3n) is 2.40. The summed E-state index contributed by atoms with van der Waals surface area (Å²) in [6.45, 7) is 2.17. The van der Waals surface area contributed by atoms with Crippen LogP contribution in [0.1, 0.15) is 6.92 Å². The fourth-order valence-corrected chi connectivity index (χ4v) is 2.78. The van der Waals surface area contributed by atoms with Crippen molar-refractivity contribution in [2.24, 2.45) is 5.92 Å². The van der Waals surface area contributed by atoms with Crippen LogP contribution in [0.3, 0.4) is 0 Å². The van der Waals surface area contributed by atoms with Crippen LogP contribution < -0.4 is 0 Å². The molecule has 0 aliphatic carbocycles. The van der Waals surface area contributed by atoms with E-state index in [-0.39, 0.29) is 0 Å². The quantitative estimate of drug-likeness (QED) is 0.597. The van der Waals surface area contributed by atoms with Crippen LogP contribution in [0.5, 0.6) is 0 Å². The maximum Gasteiger partial charge on any atom is 0.0713 e. The van der Waals surface area contributed by atoms with E-state index in [0.717, 1.165) is 17.1 Å². The molecule has 16 heavy (non-hydrogen) atoms. The number of rotatable bonds is 4. The Balaban J connectivity index is 2.23. The molecule has 3 heteroatoms. The average Bonchev–Trinajstić information content (AvgIpc) is 2.35. The van der Waals surface area contributed by atoms with E-state index in [1.54, 1.807) is 0 Å². The van der Waals surface area contributed by atoms with Crippen molar-refractivity contribution in [3.8, 4) is 0 Å². The van der Waals surface area contributed by atoms with Crippen LogP contribution >= 0.6 is 23.4 Å². The summed E-state index contributed by atoms with van der Waals surface area (Å²) in [6, 6.07) is 10.3. The number of hydrogen-bond acceptors (Lipinski definition) is 2. The molecule has 0 spiro atoms. The molecule has 0 bridgehead atoms. The lowest BCUT2D eigenvalue weighted by Gasteiger charge is -2.08. The zero-order chi connectivity index (χ0) is 11.4. The molecule has 0 saturated heterocycles. The van der Waals surface area contributed by atoms with Gasteiger partial charge in [0.25, 0.3) is 0 Å². The van der Waals surface area contributed by atoms with Crippen molar-refractivity contribution < 1.29 is 0 Å². The first-order valence-electron chi connectivity index (χ1n) is 5.34. The Labute approximate surface area is 105 Å². The van der Waals surface area contributed by atoms with Gasteiger partial charge in [-0.1, -0.05) is 25.1 Å². The highest BCUT2D eigenvalue weighted by Crippen LogP contribution is 2.27. The predicted octanol–water partition coefficient (Wildman–Crippen LogP) is 4.20. The third-order valence-corrected chi connectivity index (χ3v) is 4.33. The predicted molar refractivity (Wildman–Crippen MR) is 72.4 cm³/mol. The van der Waals surface area contributed by atoms with Gasteiger partial charge in [-0.05, 0) is 18.1 Å². The Morgan fingerprint density at radius 1 is 1.31 bits per heavy atom. The highest BCUT2D eigenvalue weighted by atomic mass is 35.5. The second kappa shape index (κ2) is 5.55. The zero-order valence-electron chi connectivity index (χ0n) is 9.19. The Morgan fingerprint density at radius 2 is 2.12 bits per heavy atom. The van der Waals surface area contributed by atoms with Crippen molar-refractivity contribution in [2.75, 3.05) is 11.6 Å². The Kier molecular flexibility index (Phi) is 4.08. The van der Waals surface area contributed by atoms with Gasteiger partial charge in [0.05, 0.1) is 5.52 Å². The first-order valence-corrected chi connectivity index (χ1v) is 6.86. The number of benzene rings is 1. The molecular formula is C13H14ClNS. The molecule has 1 unspecified atom stereocenters. The van der Waals surface area contributed by atoms with E-state index >= 15 is 0 Å². The average molecular weight is 252 g/mol. The molecule has 2 rings (SSSR count). The van der Waals surface area contributed by atoms with Gasteiger partial charge >= 0.3 is 0 Å². The number of aromatic nitrogens is 1. The van der Waals surface area contributed by atoms with E-state index in [9.17, 15) is 0 Å². The van der Waals surface area contributed by atoms with Gasteiger partial charge < -0.3 is 0 Å². The highest BCUT2D eigenvalue weighted by Gasteiger charge is 2.04. The highest BCUT2D eigenvalue weighted by molar-refractivity contribution is 7.99. The number of fused-ring (bicyclic) bond motifs is 1. The summed E-state index contributed by atoms with van der Waals surface area (Å²) < 4.78 is 0. The molecular weight excluding hydrogens is 238 g/mol. The van der Waals surface area contributed by atoms with E-state index in [1.807, 2.05) is 30.1 Å². The maximum atomic E-state index is 5.81. The lowest BCUT2D eigenvalue weighted by Crippen LogP contribution is -1.99. The second-order valence-corrected chi connectivity index (χ2v) is 5.27. The lowest BCUT2D eigenvalue weighted by atomic mass is 10.2. The van der Waals surface area contributed by atoms with Gasteiger partial charge in [-0.3, -0.25) is 4.98 Å². The molecule has 1 atom stereocenters. The molecule has 0 radical (unpaired) electrons. The number of halogens is 1. The van der Waals surface area contributed by atoms with Gasteiger partial charge in [-0.2, -0.15) is 0 Å². The molecule has 84 valence electrons. The number of pyridine rings is 1. The molecule has 0 amide bonds. The minimum Gasteiger partial charge on any atom is -0.256 e. The summed E-state index contributed by atoms with van der Waals surface area (Å²) in [5.41, 5.74) is 1.06. The fourth-order valence-electron chi connectivity index (χ4n) is 1.47.